The number of anilines is 3. The number of nitrogens with zero attached hydrogens (tertiary/aromatic N) is 9. The fraction of sp³-hybridized carbons (Fsp3) is 0.451. The number of carbonyl (C=O) groups excluding carboxylic acids is 2. The standard InChI is InChI=1S/3C22H28FN3O6S.C3H9N.2CH4.Ca/c3*1-13(2)20-18(10-9-16(27)11-17(28)12-19(29)30)21(14-5-7-15(23)8-6-14)25-22(24-20)26(3)33(4,31)32;1-2-3-4;;;/h3*5-10,13,16-17,27-28H,11-12H2,1-4H3,(H,29,30);2-4H2,1H3;2*1H4;/q;;;;;;+2/p-2/b3*10-9+;;;;/t3*16-,17-;;;;/m111..../s1. The van der Waals surface area contributed by atoms with Crippen molar-refractivity contribution in [1.29, 1.82) is 0 Å². The minimum Gasteiger partial charge on any atom is -0.550 e. The van der Waals surface area contributed by atoms with Crippen LogP contribution in [-0.2, 0) is 44.5 Å². The summed E-state index contributed by atoms with van der Waals surface area (Å²) in [6.07, 6.45) is 3.11. The Morgan fingerprint density at radius 3 is 0.858 bits per heavy atom. The van der Waals surface area contributed by atoms with Crippen LogP contribution in [-0.4, -0.2) is 230 Å². The van der Waals surface area contributed by atoms with Crippen molar-refractivity contribution >= 4 is 122 Å². The van der Waals surface area contributed by atoms with Crippen LogP contribution in [0, 0.1) is 17.5 Å². The molecule has 35 heteroatoms. The average molecular weight is 1570 g/mol. The molecule has 0 fully saturated rings. The summed E-state index contributed by atoms with van der Waals surface area (Å²) in [7, 11) is -7.00. The van der Waals surface area contributed by atoms with Gasteiger partial charge in [0, 0.05) is 98.6 Å². The summed E-state index contributed by atoms with van der Waals surface area (Å²) >= 11 is 0. The molecule has 3 aromatic heterocycles. The summed E-state index contributed by atoms with van der Waals surface area (Å²) in [5.41, 5.74) is 10.4. The maximum Gasteiger partial charge on any atom is 2.00 e. The molecule has 0 saturated heterocycles. The Balaban J connectivity index is 0.00000150. The van der Waals surface area contributed by atoms with Gasteiger partial charge in [0.2, 0.25) is 47.9 Å². The number of aliphatic carboxylic acids is 3. The van der Waals surface area contributed by atoms with E-state index < -0.39 is 121 Å². The minimum absolute atomic E-state index is 0. The minimum atomic E-state index is -3.66. The van der Waals surface area contributed by atoms with Crippen LogP contribution >= 0.6 is 0 Å². The zero-order valence-corrected chi connectivity index (χ0v) is 64.7. The fourth-order valence-corrected chi connectivity index (χ4v) is 10.3. The van der Waals surface area contributed by atoms with Crippen LogP contribution in [0.15, 0.2) is 91.0 Å². The third-order valence-electron chi connectivity index (χ3n) is 14.7. The van der Waals surface area contributed by atoms with Gasteiger partial charge in [0.05, 0.1) is 96.0 Å². The third kappa shape index (κ3) is 32.6. The number of nitrogens with two attached hydrogens (primary N) is 1. The van der Waals surface area contributed by atoms with Crippen LogP contribution in [0.2, 0.25) is 0 Å². The first-order valence-corrected chi connectivity index (χ1v) is 37.6. The van der Waals surface area contributed by atoms with Gasteiger partial charge in [-0.25, -0.2) is 81.2 Å². The number of aliphatic hydroxyl groups is 6. The van der Waals surface area contributed by atoms with Crippen molar-refractivity contribution in [3.05, 3.63) is 142 Å². The van der Waals surface area contributed by atoms with E-state index in [4.69, 9.17) is 10.8 Å². The number of hydrogen-bond donors (Lipinski definition) is 8. The van der Waals surface area contributed by atoms with E-state index in [0.29, 0.717) is 67.5 Å². The van der Waals surface area contributed by atoms with E-state index in [9.17, 15) is 93.7 Å². The first-order chi connectivity index (χ1) is 47.8. The second-order valence-electron chi connectivity index (χ2n) is 24.7. The number of benzene rings is 3. The average Bonchev–Trinajstić information content (AvgIpc) is 0.794. The normalized spacial score (nSPS) is 13.3. The van der Waals surface area contributed by atoms with Crippen molar-refractivity contribution in [2.75, 3.05) is 59.4 Å². The smallest absolute Gasteiger partial charge is 0.550 e. The quantitative estimate of drug-likeness (QED) is 0.0239. The number of carbonyl (C=O) groups is 3. The van der Waals surface area contributed by atoms with Crippen LogP contribution in [0.1, 0.15) is 160 Å². The fourth-order valence-electron chi connectivity index (χ4n) is 9.12. The summed E-state index contributed by atoms with van der Waals surface area (Å²) in [4.78, 5) is 58.4. The van der Waals surface area contributed by atoms with Crippen LogP contribution < -0.4 is 28.9 Å². The van der Waals surface area contributed by atoms with E-state index >= 15 is 0 Å². The summed E-state index contributed by atoms with van der Waals surface area (Å²) in [5, 5.41) is 89.9. The van der Waals surface area contributed by atoms with E-state index in [-0.39, 0.29) is 107 Å². The summed E-state index contributed by atoms with van der Waals surface area (Å²) in [6.45, 7) is 14.0. The van der Waals surface area contributed by atoms with Crippen molar-refractivity contribution < 1.29 is 98.8 Å². The number of carboxylic acids is 3. The topological polar surface area (TPSA) is 454 Å². The maximum absolute atomic E-state index is 13.5. The largest absolute Gasteiger partial charge is 2.00 e. The molecule has 0 radical (unpaired) electrons. The summed E-state index contributed by atoms with van der Waals surface area (Å²) in [5.74, 6) is -6.15. The number of sulfonamides is 3. The zero-order valence-electron chi connectivity index (χ0n) is 60.0. The number of hydrogen-bond acceptors (Lipinski definition) is 24. The summed E-state index contributed by atoms with van der Waals surface area (Å²) in [6, 6.07) is 16.4. The molecule has 3 heterocycles. The van der Waals surface area contributed by atoms with Crippen molar-refractivity contribution in [2.45, 2.75) is 163 Å². The van der Waals surface area contributed by atoms with Gasteiger partial charge in [-0.1, -0.05) is 99.8 Å². The second-order valence-corrected chi connectivity index (χ2v) is 30.7. The van der Waals surface area contributed by atoms with Crippen LogP contribution in [0.4, 0.5) is 31.0 Å². The molecule has 3 aromatic carbocycles. The van der Waals surface area contributed by atoms with Gasteiger partial charge in [0.15, 0.2) is 0 Å². The maximum atomic E-state index is 13.5. The molecule has 28 nitrogen and oxygen atoms in total. The molecule has 6 aromatic rings. The molecular weight excluding hydrogens is 1470 g/mol. The molecule has 0 aliphatic rings. The Bertz CT molecular complexity index is 3840. The molecule has 0 unspecified atom stereocenters. The van der Waals surface area contributed by atoms with Crippen LogP contribution in [0.25, 0.3) is 52.0 Å². The van der Waals surface area contributed by atoms with Gasteiger partial charge in [-0.3, -0.25) is 4.79 Å². The second kappa shape index (κ2) is 45.4. The van der Waals surface area contributed by atoms with Gasteiger partial charge in [-0.15, -0.1) is 0 Å². The van der Waals surface area contributed by atoms with Crippen molar-refractivity contribution in [3.8, 4) is 33.8 Å². The molecule has 6 atom stereocenters. The first kappa shape index (κ1) is 98.5. The Morgan fingerprint density at radius 2 is 0.679 bits per heavy atom. The Morgan fingerprint density at radius 1 is 0.462 bits per heavy atom. The zero-order chi connectivity index (χ0) is 78.2. The number of rotatable bonds is 31. The Labute approximate surface area is 649 Å². The molecule has 106 heavy (non-hydrogen) atoms. The Kier molecular flexibility index (Phi) is 42.2. The van der Waals surface area contributed by atoms with Gasteiger partial charge in [-0.2, -0.15) is 0 Å². The van der Waals surface area contributed by atoms with Crippen LogP contribution in [0.3, 0.4) is 0 Å². The van der Waals surface area contributed by atoms with E-state index in [1.807, 2.05) is 41.5 Å². The molecule has 0 amide bonds. The monoisotopic (exact) mass is 1570 g/mol. The van der Waals surface area contributed by atoms with E-state index in [0.717, 1.165) is 44.6 Å². The predicted molar refractivity (Wildman–Crippen MR) is 401 cm³/mol. The van der Waals surface area contributed by atoms with Gasteiger partial charge >= 0.3 is 43.7 Å². The molecule has 0 saturated carbocycles. The molecule has 582 valence electrons. The Hall–Kier alpha value is -7.45. The molecule has 0 bridgehead atoms. The van der Waals surface area contributed by atoms with E-state index in [2.05, 4.69) is 36.8 Å². The third-order valence-corrected chi connectivity index (χ3v) is 18.2. The van der Waals surface area contributed by atoms with Crippen molar-refractivity contribution in [1.82, 2.24) is 29.9 Å². The van der Waals surface area contributed by atoms with Crippen LogP contribution in [0.5, 0.6) is 0 Å². The molecule has 0 aliphatic carbocycles. The van der Waals surface area contributed by atoms with Crippen molar-refractivity contribution in [3.63, 3.8) is 0 Å². The van der Waals surface area contributed by atoms with Gasteiger partial charge in [-0.05, 0) is 104 Å². The SMILES string of the molecule is C.C.CC(C)c1nc(N(C)S(C)(=O)=O)nc(-c2ccc(F)cc2)c1/C=C/[C@@H](O)C[C@@H](O)CC(=O)O.CC(C)c1nc(N(C)S(C)(=O)=O)nc(-c2ccc(F)cc2)c1/C=C/[C@@H](O)C[C@@H](O)CC(=O)[O-].CC(C)c1nc(N(C)S(C)(=O)=O)nc(-c2ccc(F)cc2)c1/C=C/[C@@H](O)C[C@@H](O)CC(=O)[O-].CCCN.[Ca+2]. The number of aromatic nitrogens is 6. The molecule has 6 rings (SSSR count). The number of halogens is 3. The molecule has 0 spiro atoms. The first-order valence-electron chi connectivity index (χ1n) is 32.1. The van der Waals surface area contributed by atoms with Gasteiger partial charge in [0.25, 0.3) is 0 Å². The van der Waals surface area contributed by atoms with Gasteiger partial charge in [0.1, 0.15) is 17.5 Å². The predicted octanol–water partition coefficient (Wildman–Crippen LogP) is 5.78. The molecule has 0 aliphatic heterocycles. The molecule has 9 N–H and O–H groups in total. The van der Waals surface area contributed by atoms with E-state index in [1.165, 1.54) is 130 Å². The number of carboxylic acid groups (broad SMARTS) is 3. The number of aliphatic hydroxyl groups excluding tert-OH is 6. The van der Waals surface area contributed by atoms with Gasteiger partial charge < -0.3 is 61.3 Å². The summed E-state index contributed by atoms with van der Waals surface area (Å²) < 4.78 is 116. The van der Waals surface area contributed by atoms with Crippen molar-refractivity contribution in [2.24, 2.45) is 5.73 Å². The molecular formula is C71H99CaF3N10O18S3. The van der Waals surface area contributed by atoms with E-state index in [1.54, 1.807) is 0 Å².